The smallest absolute Gasteiger partial charge is 0.475 e. The molecule has 0 saturated carbocycles. The van der Waals surface area contributed by atoms with Crippen molar-refractivity contribution < 1.29 is 27.8 Å². The average Bonchev–Trinajstić information content (AvgIpc) is 2.47. The Kier molecular flexibility index (Phi) is 5.60. The fourth-order valence-corrected chi connectivity index (χ4v) is 2.32. The number of morpholine rings is 2. The second-order valence-corrected chi connectivity index (χ2v) is 5.35. The maximum absolute atomic E-state index is 10.6. The van der Waals surface area contributed by atoms with E-state index in [4.69, 9.17) is 26.2 Å². The zero-order valence-corrected chi connectivity index (χ0v) is 12.5. The van der Waals surface area contributed by atoms with Crippen molar-refractivity contribution in [2.75, 3.05) is 31.1 Å². The lowest BCUT2D eigenvalue weighted by Gasteiger charge is -2.42. The zero-order chi connectivity index (χ0) is 17.0. The fourth-order valence-electron chi connectivity index (χ4n) is 2.22. The largest absolute Gasteiger partial charge is 0.490 e. The van der Waals surface area contributed by atoms with Crippen molar-refractivity contribution >= 4 is 23.4 Å². The van der Waals surface area contributed by atoms with Crippen LogP contribution in [0.4, 0.5) is 19.0 Å². The van der Waals surface area contributed by atoms with Gasteiger partial charge in [-0.25, -0.2) is 4.79 Å². The molecule has 0 amide bonds. The number of aromatic nitrogens is 2. The highest BCUT2D eigenvalue weighted by Gasteiger charge is 2.38. The van der Waals surface area contributed by atoms with Crippen LogP contribution < -0.4 is 10.2 Å². The van der Waals surface area contributed by atoms with Gasteiger partial charge in [0.1, 0.15) is 0 Å². The minimum Gasteiger partial charge on any atom is -0.475 e. The van der Waals surface area contributed by atoms with Gasteiger partial charge in [-0.2, -0.15) is 13.2 Å². The van der Waals surface area contributed by atoms with Crippen LogP contribution in [0.5, 0.6) is 0 Å². The number of carboxylic acids is 1. The van der Waals surface area contributed by atoms with E-state index in [1.54, 1.807) is 6.07 Å². The third kappa shape index (κ3) is 5.19. The van der Waals surface area contributed by atoms with Gasteiger partial charge in [-0.15, -0.1) is 10.2 Å². The van der Waals surface area contributed by atoms with Gasteiger partial charge in [0.2, 0.25) is 0 Å². The molecule has 128 valence electrons. The van der Waals surface area contributed by atoms with Crippen molar-refractivity contribution in [1.29, 1.82) is 0 Å². The number of alkyl halides is 3. The van der Waals surface area contributed by atoms with Crippen LogP contribution in [0.25, 0.3) is 0 Å². The Bertz CT molecular complexity index is 531. The summed E-state index contributed by atoms with van der Waals surface area (Å²) in [6, 6.07) is 3.68. The fraction of sp³-hybridized carbons (Fsp3) is 0.583. The molecule has 1 aromatic rings. The third-order valence-electron chi connectivity index (χ3n) is 3.16. The maximum atomic E-state index is 10.6. The molecule has 2 fully saturated rings. The van der Waals surface area contributed by atoms with Crippen molar-refractivity contribution in [2.45, 2.75) is 18.4 Å². The second kappa shape index (κ2) is 7.28. The van der Waals surface area contributed by atoms with Gasteiger partial charge in [-0.3, -0.25) is 0 Å². The number of rotatable bonds is 1. The SMILES string of the molecule is Clc1ccc(N2CC3CNCC(C2)O3)nn1.O=C(O)C(F)(F)F. The number of fused-ring (bicyclic) bond motifs is 2. The Labute approximate surface area is 134 Å². The van der Waals surface area contributed by atoms with Gasteiger partial charge in [0.15, 0.2) is 11.0 Å². The van der Waals surface area contributed by atoms with E-state index < -0.39 is 12.1 Å². The zero-order valence-electron chi connectivity index (χ0n) is 11.8. The Hall–Kier alpha value is -1.65. The van der Waals surface area contributed by atoms with Crippen molar-refractivity contribution in [3.8, 4) is 0 Å². The molecule has 2 aliphatic rings. The van der Waals surface area contributed by atoms with Crippen LogP contribution >= 0.6 is 11.6 Å². The van der Waals surface area contributed by atoms with Crippen LogP contribution in [-0.4, -0.2) is 65.8 Å². The first kappa shape index (κ1) is 17.7. The highest BCUT2D eigenvalue weighted by atomic mass is 35.5. The summed E-state index contributed by atoms with van der Waals surface area (Å²) in [5, 5.41) is 18.9. The van der Waals surface area contributed by atoms with Gasteiger partial charge in [0.25, 0.3) is 0 Å². The maximum Gasteiger partial charge on any atom is 0.490 e. The number of aliphatic carboxylic acids is 1. The number of hydrogen-bond acceptors (Lipinski definition) is 6. The standard InChI is InChI=1S/C10H13ClN4O.C2HF3O2/c11-9-1-2-10(14-13-9)15-5-7-3-12-4-8(6-15)16-7;3-2(4,5)1(6)7/h1-2,7-8,12H,3-6H2;(H,6,7). The summed E-state index contributed by atoms with van der Waals surface area (Å²) in [4.78, 5) is 11.1. The molecule has 3 rings (SSSR count). The summed E-state index contributed by atoms with van der Waals surface area (Å²) >= 11 is 5.72. The van der Waals surface area contributed by atoms with Gasteiger partial charge in [0.05, 0.1) is 12.2 Å². The van der Waals surface area contributed by atoms with Gasteiger partial charge < -0.3 is 20.1 Å². The number of hydrogen-bond donors (Lipinski definition) is 2. The molecule has 0 spiro atoms. The molecule has 23 heavy (non-hydrogen) atoms. The third-order valence-corrected chi connectivity index (χ3v) is 3.36. The number of carboxylic acid groups (broad SMARTS) is 1. The summed E-state index contributed by atoms with van der Waals surface area (Å²) in [5.74, 6) is -1.88. The number of carbonyl (C=O) groups is 1. The Balaban J connectivity index is 0.000000236. The Morgan fingerprint density at radius 3 is 2.30 bits per heavy atom. The van der Waals surface area contributed by atoms with Crippen molar-refractivity contribution in [2.24, 2.45) is 0 Å². The van der Waals surface area contributed by atoms with Crippen LogP contribution in [0.2, 0.25) is 5.15 Å². The van der Waals surface area contributed by atoms with E-state index in [-0.39, 0.29) is 12.2 Å². The molecule has 0 aromatic carbocycles. The van der Waals surface area contributed by atoms with Crippen LogP contribution in [0.3, 0.4) is 0 Å². The van der Waals surface area contributed by atoms with Crippen molar-refractivity contribution in [1.82, 2.24) is 15.5 Å². The monoisotopic (exact) mass is 354 g/mol. The molecule has 1 aromatic heterocycles. The van der Waals surface area contributed by atoms with E-state index >= 15 is 0 Å². The van der Waals surface area contributed by atoms with Crippen molar-refractivity contribution in [3.63, 3.8) is 0 Å². The molecule has 0 aliphatic carbocycles. The van der Waals surface area contributed by atoms with E-state index in [2.05, 4.69) is 20.4 Å². The van der Waals surface area contributed by atoms with Gasteiger partial charge in [0, 0.05) is 26.2 Å². The number of nitrogens with one attached hydrogen (secondary N) is 1. The molecule has 2 saturated heterocycles. The predicted molar refractivity (Wildman–Crippen MR) is 74.5 cm³/mol. The predicted octanol–water partition coefficient (Wildman–Crippen LogP) is 0.940. The van der Waals surface area contributed by atoms with E-state index in [0.717, 1.165) is 32.0 Å². The number of halogens is 4. The first-order chi connectivity index (χ1) is 10.8. The molecule has 2 bridgehead atoms. The Morgan fingerprint density at radius 1 is 1.30 bits per heavy atom. The lowest BCUT2D eigenvalue weighted by Crippen LogP contribution is -2.58. The minimum atomic E-state index is -5.08. The van der Waals surface area contributed by atoms with Crippen LogP contribution in [-0.2, 0) is 9.53 Å². The first-order valence-electron chi connectivity index (χ1n) is 6.66. The van der Waals surface area contributed by atoms with Crippen LogP contribution in [0.1, 0.15) is 0 Å². The normalized spacial score (nSPS) is 23.7. The number of anilines is 1. The molecule has 0 radical (unpaired) electrons. The number of nitrogens with zero attached hydrogens (tertiary/aromatic N) is 3. The van der Waals surface area contributed by atoms with E-state index in [1.807, 2.05) is 6.07 Å². The van der Waals surface area contributed by atoms with Crippen molar-refractivity contribution in [3.05, 3.63) is 17.3 Å². The lowest BCUT2D eigenvalue weighted by atomic mass is 10.1. The summed E-state index contributed by atoms with van der Waals surface area (Å²) in [7, 11) is 0. The first-order valence-corrected chi connectivity index (χ1v) is 7.04. The summed E-state index contributed by atoms with van der Waals surface area (Å²) in [6.07, 6.45) is -4.57. The van der Waals surface area contributed by atoms with Gasteiger partial charge >= 0.3 is 12.1 Å². The minimum absolute atomic E-state index is 0.255. The van der Waals surface area contributed by atoms with Gasteiger partial charge in [-0.1, -0.05) is 11.6 Å². The molecule has 7 nitrogen and oxygen atoms in total. The number of ether oxygens (including phenoxy) is 1. The summed E-state index contributed by atoms with van der Waals surface area (Å²) in [6.45, 7) is 3.54. The summed E-state index contributed by atoms with van der Waals surface area (Å²) in [5.41, 5.74) is 0. The van der Waals surface area contributed by atoms with Gasteiger partial charge in [-0.05, 0) is 12.1 Å². The topological polar surface area (TPSA) is 87.6 Å². The molecular formula is C12H14ClF3N4O3. The van der Waals surface area contributed by atoms with Crippen LogP contribution in [0.15, 0.2) is 12.1 Å². The highest BCUT2D eigenvalue weighted by molar-refractivity contribution is 6.29. The molecule has 2 atom stereocenters. The summed E-state index contributed by atoms with van der Waals surface area (Å²) < 4.78 is 37.6. The quantitative estimate of drug-likeness (QED) is 0.776. The average molecular weight is 355 g/mol. The lowest BCUT2D eigenvalue weighted by molar-refractivity contribution is -0.192. The molecule has 3 heterocycles. The highest BCUT2D eigenvalue weighted by Crippen LogP contribution is 2.20. The van der Waals surface area contributed by atoms with Crippen LogP contribution in [0, 0.1) is 0 Å². The molecular weight excluding hydrogens is 341 g/mol. The second-order valence-electron chi connectivity index (χ2n) is 4.96. The van der Waals surface area contributed by atoms with E-state index in [9.17, 15) is 13.2 Å². The van der Waals surface area contributed by atoms with E-state index in [0.29, 0.717) is 5.15 Å². The Morgan fingerprint density at radius 2 is 1.87 bits per heavy atom. The molecule has 2 aliphatic heterocycles. The van der Waals surface area contributed by atoms with E-state index in [1.165, 1.54) is 0 Å². The molecule has 11 heteroatoms. The molecule has 2 unspecified atom stereocenters. The molecule has 2 N–H and O–H groups in total.